The van der Waals surface area contributed by atoms with Gasteiger partial charge >= 0.3 is 12.1 Å². The topological polar surface area (TPSA) is 87.7 Å². The Morgan fingerprint density at radius 3 is 2.27 bits per heavy atom. The van der Waals surface area contributed by atoms with Crippen LogP contribution in [0.4, 0.5) is 4.79 Å². The molecule has 2 aliphatic rings. The maximum absolute atomic E-state index is 12.8. The molecule has 1 aliphatic heterocycles. The lowest BCUT2D eigenvalue weighted by molar-refractivity contribution is -0.140. The number of carboxylic acid groups (broad SMARTS) is 1. The number of benzene rings is 2. The van der Waals surface area contributed by atoms with Crippen LogP contribution in [0.15, 0.2) is 48.5 Å². The van der Waals surface area contributed by atoms with E-state index in [9.17, 15) is 14.7 Å². The number of nitrogens with one attached hydrogen (secondary N) is 2. The van der Waals surface area contributed by atoms with Crippen LogP contribution in [0.25, 0.3) is 11.1 Å². The number of hydrogen-bond donors (Lipinski definition) is 3. The predicted molar refractivity (Wildman–Crippen MR) is 114 cm³/mol. The van der Waals surface area contributed by atoms with Crippen LogP contribution in [0.1, 0.15) is 43.7 Å². The molecule has 1 amide bonds. The number of aliphatic carboxylic acids is 1. The van der Waals surface area contributed by atoms with Gasteiger partial charge in [0.25, 0.3) is 0 Å². The first-order chi connectivity index (χ1) is 14.3. The van der Waals surface area contributed by atoms with Gasteiger partial charge in [0.15, 0.2) is 0 Å². The zero-order valence-electron chi connectivity index (χ0n) is 17.4. The van der Waals surface area contributed by atoms with Crippen molar-refractivity contribution in [1.82, 2.24) is 10.6 Å². The summed E-state index contributed by atoms with van der Waals surface area (Å²) in [6.07, 6.45) is -0.157. The minimum atomic E-state index is -0.927. The maximum Gasteiger partial charge on any atom is 0.407 e. The average Bonchev–Trinajstić information content (AvgIpc) is 3.02. The quantitative estimate of drug-likeness (QED) is 0.701. The lowest BCUT2D eigenvalue weighted by Gasteiger charge is -2.49. The van der Waals surface area contributed by atoms with E-state index in [1.807, 2.05) is 38.1 Å². The summed E-state index contributed by atoms with van der Waals surface area (Å²) in [7, 11) is 0. The Hall–Kier alpha value is -2.86. The van der Waals surface area contributed by atoms with Gasteiger partial charge < -0.3 is 20.5 Å². The number of hydrogen-bond acceptors (Lipinski definition) is 4. The Kier molecular flexibility index (Phi) is 5.28. The third-order valence-electron chi connectivity index (χ3n) is 6.73. The molecule has 4 rings (SSSR count). The molecular formula is C24H28N2O4. The van der Waals surface area contributed by atoms with Gasteiger partial charge in [0.2, 0.25) is 0 Å². The van der Waals surface area contributed by atoms with Crippen LogP contribution < -0.4 is 10.6 Å². The minimum absolute atomic E-state index is 0.0281. The summed E-state index contributed by atoms with van der Waals surface area (Å²) in [5.41, 5.74) is 3.36. The SMILES string of the molecule is CC1(C)CNCCC1(CC(=O)O)NC(=O)OCC1c2ccccc2-c2ccccc21. The number of alkyl carbamates (subject to hydrolysis) is 1. The molecule has 158 valence electrons. The number of rotatable bonds is 5. The summed E-state index contributed by atoms with van der Waals surface area (Å²) in [5.74, 6) is -0.955. The van der Waals surface area contributed by atoms with E-state index >= 15 is 0 Å². The second kappa shape index (κ2) is 7.76. The molecule has 1 atom stereocenters. The largest absolute Gasteiger partial charge is 0.481 e. The standard InChI is InChI=1S/C24H28N2O4/c1-23(2)15-25-12-11-24(23,13-21(27)28)26-22(29)30-14-20-18-9-5-3-7-16(18)17-8-4-6-10-19(17)20/h3-10,20,25H,11-15H2,1-2H3,(H,26,29)(H,27,28). The van der Waals surface area contributed by atoms with E-state index < -0.39 is 23.0 Å². The van der Waals surface area contributed by atoms with E-state index in [1.54, 1.807) is 0 Å². The highest BCUT2D eigenvalue weighted by atomic mass is 16.5. The van der Waals surface area contributed by atoms with Crippen LogP contribution in [-0.4, -0.2) is 42.4 Å². The fourth-order valence-electron chi connectivity index (χ4n) is 4.90. The number of amides is 1. The van der Waals surface area contributed by atoms with Gasteiger partial charge in [-0.25, -0.2) is 4.79 Å². The van der Waals surface area contributed by atoms with E-state index in [0.717, 1.165) is 11.1 Å². The molecule has 1 saturated heterocycles. The van der Waals surface area contributed by atoms with E-state index in [2.05, 4.69) is 34.9 Å². The normalized spacial score (nSPS) is 22.1. The molecule has 1 unspecified atom stereocenters. The van der Waals surface area contributed by atoms with Gasteiger partial charge in [-0.3, -0.25) is 4.79 Å². The van der Waals surface area contributed by atoms with Crippen molar-refractivity contribution in [2.45, 2.75) is 38.1 Å². The van der Waals surface area contributed by atoms with Crippen LogP contribution in [0.2, 0.25) is 0 Å². The fraction of sp³-hybridized carbons (Fsp3) is 0.417. The van der Waals surface area contributed by atoms with Crippen LogP contribution in [0.5, 0.6) is 0 Å². The van der Waals surface area contributed by atoms with Crippen LogP contribution in [0, 0.1) is 5.41 Å². The van der Waals surface area contributed by atoms with Crippen molar-refractivity contribution < 1.29 is 19.4 Å². The molecule has 30 heavy (non-hydrogen) atoms. The number of ether oxygens (including phenoxy) is 1. The summed E-state index contributed by atoms with van der Waals surface area (Å²) in [5, 5.41) is 15.7. The molecule has 1 aliphatic carbocycles. The summed E-state index contributed by atoms with van der Waals surface area (Å²) >= 11 is 0. The Balaban J connectivity index is 1.51. The molecule has 3 N–H and O–H groups in total. The van der Waals surface area contributed by atoms with E-state index in [1.165, 1.54) is 11.1 Å². The summed E-state index contributed by atoms with van der Waals surface area (Å²) in [6, 6.07) is 16.3. The van der Waals surface area contributed by atoms with Gasteiger partial charge in [-0.05, 0) is 35.2 Å². The van der Waals surface area contributed by atoms with Crippen molar-refractivity contribution in [2.75, 3.05) is 19.7 Å². The highest BCUT2D eigenvalue weighted by Crippen LogP contribution is 2.44. The first-order valence-electron chi connectivity index (χ1n) is 10.4. The van der Waals surface area contributed by atoms with Crippen molar-refractivity contribution in [3.63, 3.8) is 0 Å². The molecular weight excluding hydrogens is 380 g/mol. The van der Waals surface area contributed by atoms with Crippen LogP contribution in [0.3, 0.4) is 0 Å². The molecule has 0 saturated carbocycles. The number of piperidine rings is 1. The van der Waals surface area contributed by atoms with Crippen molar-refractivity contribution in [3.05, 3.63) is 59.7 Å². The van der Waals surface area contributed by atoms with Crippen molar-refractivity contribution in [3.8, 4) is 11.1 Å². The average molecular weight is 408 g/mol. The van der Waals surface area contributed by atoms with Crippen molar-refractivity contribution in [1.29, 1.82) is 0 Å². The molecule has 6 nitrogen and oxygen atoms in total. The summed E-state index contributed by atoms with van der Waals surface area (Å²) < 4.78 is 5.68. The molecule has 0 bridgehead atoms. The van der Waals surface area contributed by atoms with Gasteiger partial charge in [0.1, 0.15) is 6.61 Å². The third kappa shape index (κ3) is 3.56. The Bertz CT molecular complexity index is 926. The van der Waals surface area contributed by atoms with E-state index in [4.69, 9.17) is 4.74 Å². The predicted octanol–water partition coefficient (Wildman–Crippen LogP) is 3.76. The first-order valence-corrected chi connectivity index (χ1v) is 10.4. The molecule has 1 heterocycles. The lowest BCUT2D eigenvalue weighted by Crippen LogP contribution is -2.65. The van der Waals surface area contributed by atoms with Gasteiger partial charge in [0.05, 0.1) is 12.0 Å². The summed E-state index contributed by atoms with van der Waals surface area (Å²) in [6.45, 7) is 5.45. The first kappa shape index (κ1) is 20.4. The molecule has 0 aromatic heterocycles. The third-order valence-corrected chi connectivity index (χ3v) is 6.73. The molecule has 6 heteroatoms. The summed E-state index contributed by atoms with van der Waals surface area (Å²) in [4.78, 5) is 24.4. The van der Waals surface area contributed by atoms with Gasteiger partial charge in [0, 0.05) is 17.9 Å². The fourth-order valence-corrected chi connectivity index (χ4v) is 4.90. The van der Waals surface area contributed by atoms with Gasteiger partial charge in [-0.2, -0.15) is 0 Å². The second-order valence-electron chi connectivity index (χ2n) is 8.91. The monoisotopic (exact) mass is 408 g/mol. The lowest BCUT2D eigenvalue weighted by atomic mass is 9.66. The molecule has 0 spiro atoms. The minimum Gasteiger partial charge on any atom is -0.481 e. The number of carbonyl (C=O) groups is 2. The molecule has 0 radical (unpaired) electrons. The van der Waals surface area contributed by atoms with E-state index in [-0.39, 0.29) is 18.9 Å². The number of carbonyl (C=O) groups excluding carboxylic acids is 1. The molecule has 2 aromatic carbocycles. The maximum atomic E-state index is 12.8. The second-order valence-corrected chi connectivity index (χ2v) is 8.91. The van der Waals surface area contributed by atoms with Crippen molar-refractivity contribution in [2.24, 2.45) is 5.41 Å². The van der Waals surface area contributed by atoms with Gasteiger partial charge in [-0.1, -0.05) is 62.4 Å². The van der Waals surface area contributed by atoms with Crippen LogP contribution in [-0.2, 0) is 9.53 Å². The highest BCUT2D eigenvalue weighted by molar-refractivity contribution is 5.79. The smallest absolute Gasteiger partial charge is 0.407 e. The highest BCUT2D eigenvalue weighted by Gasteiger charge is 2.49. The zero-order chi connectivity index (χ0) is 21.4. The molecule has 1 fully saturated rings. The Morgan fingerprint density at radius 2 is 1.70 bits per heavy atom. The Morgan fingerprint density at radius 1 is 1.10 bits per heavy atom. The number of fused-ring (bicyclic) bond motifs is 3. The van der Waals surface area contributed by atoms with E-state index in [0.29, 0.717) is 19.5 Å². The van der Waals surface area contributed by atoms with Crippen LogP contribution >= 0.6 is 0 Å². The van der Waals surface area contributed by atoms with Crippen molar-refractivity contribution >= 4 is 12.1 Å². The zero-order valence-corrected chi connectivity index (χ0v) is 17.4. The Labute approximate surface area is 176 Å². The molecule has 2 aromatic rings. The van der Waals surface area contributed by atoms with Gasteiger partial charge in [-0.15, -0.1) is 0 Å². The number of carboxylic acids is 1.